The molecule has 1 N–H and O–H groups in total. The van der Waals surface area contributed by atoms with Gasteiger partial charge in [0.25, 0.3) is 0 Å². The molecule has 2 aromatic rings. The van der Waals surface area contributed by atoms with Gasteiger partial charge >= 0.3 is 12.1 Å². The predicted octanol–water partition coefficient (Wildman–Crippen LogP) is 4.91. The minimum atomic E-state index is -0.562. The minimum Gasteiger partial charge on any atom is -0.465 e. The van der Waals surface area contributed by atoms with Crippen molar-refractivity contribution in [3.8, 4) is 0 Å². The summed E-state index contributed by atoms with van der Waals surface area (Å²) in [4.78, 5) is 24.0. The largest absolute Gasteiger partial charge is 0.465 e. The molecule has 30 heavy (non-hydrogen) atoms. The Morgan fingerprint density at radius 2 is 1.90 bits per heavy atom. The number of benzene rings is 2. The Bertz CT molecular complexity index is 886. The van der Waals surface area contributed by atoms with Gasteiger partial charge in [-0.25, -0.2) is 4.79 Å². The van der Waals surface area contributed by atoms with Gasteiger partial charge in [0.1, 0.15) is 5.60 Å². The summed E-state index contributed by atoms with van der Waals surface area (Å²) in [6.45, 7) is 8.10. The lowest BCUT2D eigenvalue weighted by molar-refractivity contribution is -0.137. The van der Waals surface area contributed by atoms with Gasteiger partial charge in [0.15, 0.2) is 0 Å². The van der Waals surface area contributed by atoms with Crippen molar-refractivity contribution < 1.29 is 19.1 Å². The smallest absolute Gasteiger partial charge is 0.408 e. The van der Waals surface area contributed by atoms with Crippen LogP contribution in [-0.4, -0.2) is 24.3 Å². The molecule has 1 heterocycles. The van der Waals surface area contributed by atoms with Gasteiger partial charge in [0, 0.05) is 5.92 Å². The fourth-order valence-electron chi connectivity index (χ4n) is 3.76. The van der Waals surface area contributed by atoms with Crippen LogP contribution in [0.5, 0.6) is 0 Å². The first kappa shape index (κ1) is 21.9. The molecule has 0 aliphatic carbocycles. The third kappa shape index (κ3) is 6.34. The summed E-state index contributed by atoms with van der Waals surface area (Å²) in [7, 11) is 0. The summed E-state index contributed by atoms with van der Waals surface area (Å²) in [5.74, 6) is 0.0836. The zero-order valence-corrected chi connectivity index (χ0v) is 18.2. The highest BCUT2D eigenvalue weighted by atomic mass is 16.6. The van der Waals surface area contributed by atoms with E-state index in [1.165, 1.54) is 0 Å². The van der Waals surface area contributed by atoms with E-state index >= 15 is 0 Å². The fourth-order valence-corrected chi connectivity index (χ4v) is 3.76. The number of rotatable bonds is 6. The van der Waals surface area contributed by atoms with Crippen LogP contribution in [0.1, 0.15) is 55.5 Å². The number of cyclic esters (lactones) is 1. The Hall–Kier alpha value is -2.82. The van der Waals surface area contributed by atoms with Gasteiger partial charge in [-0.3, -0.25) is 4.79 Å². The summed E-state index contributed by atoms with van der Waals surface area (Å²) < 4.78 is 10.6. The van der Waals surface area contributed by atoms with Crippen molar-refractivity contribution in [2.75, 3.05) is 6.61 Å². The van der Waals surface area contributed by atoms with Crippen LogP contribution < -0.4 is 5.32 Å². The van der Waals surface area contributed by atoms with Crippen molar-refractivity contribution in [1.82, 2.24) is 5.32 Å². The average Bonchev–Trinajstić information content (AvgIpc) is 3.07. The second-order valence-electron chi connectivity index (χ2n) is 9.04. The van der Waals surface area contributed by atoms with E-state index in [2.05, 4.69) is 42.6 Å². The maximum Gasteiger partial charge on any atom is 0.408 e. The summed E-state index contributed by atoms with van der Waals surface area (Å²) in [5.41, 5.74) is 3.89. The molecule has 1 amide bonds. The number of alkyl carbamates (subject to hydrolysis) is 1. The van der Waals surface area contributed by atoms with E-state index in [4.69, 9.17) is 9.47 Å². The van der Waals surface area contributed by atoms with Gasteiger partial charge in [-0.1, -0.05) is 48.5 Å². The molecule has 0 spiro atoms. The van der Waals surface area contributed by atoms with E-state index in [-0.39, 0.29) is 17.9 Å². The van der Waals surface area contributed by atoms with Crippen molar-refractivity contribution >= 4 is 12.1 Å². The first-order valence-electron chi connectivity index (χ1n) is 10.5. The maximum atomic E-state index is 12.6. The highest BCUT2D eigenvalue weighted by Crippen LogP contribution is 2.27. The second-order valence-corrected chi connectivity index (χ2v) is 9.04. The topological polar surface area (TPSA) is 64.6 Å². The second kappa shape index (κ2) is 9.33. The molecule has 1 saturated heterocycles. The number of esters is 1. The van der Waals surface area contributed by atoms with E-state index in [1.54, 1.807) is 0 Å². The molecule has 1 aliphatic rings. The Kier molecular flexibility index (Phi) is 6.80. The number of aryl methyl sites for hydroxylation is 1. The number of amides is 1. The lowest BCUT2D eigenvalue weighted by atomic mass is 9.91. The SMILES string of the molecule is Cc1ccc(C[C@@H]2COC(=O)C2)cc1[C@H](Cc1ccccc1)NC(=O)OC(C)(C)C. The Morgan fingerprint density at radius 1 is 1.17 bits per heavy atom. The van der Waals surface area contributed by atoms with Crippen LogP contribution in [-0.2, 0) is 27.1 Å². The minimum absolute atomic E-state index is 0.124. The fraction of sp³-hybridized carbons (Fsp3) is 0.440. The normalized spacial score (nSPS) is 17.3. The van der Waals surface area contributed by atoms with Crippen molar-refractivity contribution in [3.63, 3.8) is 0 Å². The predicted molar refractivity (Wildman–Crippen MR) is 116 cm³/mol. The molecule has 2 atom stereocenters. The molecule has 160 valence electrons. The summed E-state index contributed by atoms with van der Waals surface area (Å²) in [6, 6.07) is 16.2. The van der Waals surface area contributed by atoms with Crippen molar-refractivity contribution in [3.05, 3.63) is 70.8 Å². The van der Waals surface area contributed by atoms with Crippen molar-refractivity contribution in [1.29, 1.82) is 0 Å². The van der Waals surface area contributed by atoms with Crippen LogP contribution in [0.3, 0.4) is 0 Å². The highest BCUT2D eigenvalue weighted by molar-refractivity contribution is 5.71. The van der Waals surface area contributed by atoms with Gasteiger partial charge in [-0.2, -0.15) is 0 Å². The molecule has 0 bridgehead atoms. The van der Waals surface area contributed by atoms with Crippen LogP contribution in [0, 0.1) is 12.8 Å². The molecular weight excluding hydrogens is 378 g/mol. The Labute approximate surface area is 178 Å². The van der Waals surface area contributed by atoms with E-state index in [9.17, 15) is 9.59 Å². The van der Waals surface area contributed by atoms with E-state index < -0.39 is 11.7 Å². The van der Waals surface area contributed by atoms with Crippen LogP contribution in [0.4, 0.5) is 4.79 Å². The monoisotopic (exact) mass is 409 g/mol. The van der Waals surface area contributed by atoms with E-state index in [1.807, 2.05) is 39.0 Å². The van der Waals surface area contributed by atoms with E-state index in [0.29, 0.717) is 19.4 Å². The number of carbonyl (C=O) groups excluding carboxylic acids is 2. The summed E-state index contributed by atoms with van der Waals surface area (Å²) >= 11 is 0. The van der Waals surface area contributed by atoms with Crippen LogP contribution in [0.25, 0.3) is 0 Å². The molecule has 0 unspecified atom stereocenters. The highest BCUT2D eigenvalue weighted by Gasteiger charge is 2.25. The molecule has 0 radical (unpaired) electrons. The van der Waals surface area contributed by atoms with Crippen molar-refractivity contribution in [2.24, 2.45) is 5.92 Å². The lowest BCUT2D eigenvalue weighted by Crippen LogP contribution is -2.36. The molecule has 1 aliphatic heterocycles. The summed E-state index contributed by atoms with van der Waals surface area (Å²) in [5, 5.41) is 3.07. The molecule has 2 aromatic carbocycles. The molecule has 3 rings (SSSR count). The lowest BCUT2D eigenvalue weighted by Gasteiger charge is -2.25. The molecule has 0 aromatic heterocycles. The van der Waals surface area contributed by atoms with Gasteiger partial charge in [0.2, 0.25) is 0 Å². The number of ether oxygens (including phenoxy) is 2. The van der Waals surface area contributed by atoms with Crippen molar-refractivity contribution in [2.45, 2.75) is 58.6 Å². The standard InChI is InChI=1S/C25H31NO4/c1-17-10-11-19(12-20-15-23(27)29-16-20)13-21(17)22(14-18-8-6-5-7-9-18)26-24(28)30-25(2,3)4/h5-11,13,20,22H,12,14-16H2,1-4H3,(H,26,28)/t20-,22-/m0/s1. The molecule has 5 heteroatoms. The first-order valence-corrected chi connectivity index (χ1v) is 10.5. The van der Waals surface area contributed by atoms with Gasteiger partial charge in [0.05, 0.1) is 19.1 Å². The maximum absolute atomic E-state index is 12.6. The van der Waals surface area contributed by atoms with E-state index in [0.717, 1.165) is 28.7 Å². The number of hydrogen-bond donors (Lipinski definition) is 1. The zero-order chi connectivity index (χ0) is 21.7. The van der Waals surface area contributed by atoms with Gasteiger partial charge in [-0.05, 0) is 62.8 Å². The summed E-state index contributed by atoms with van der Waals surface area (Å²) in [6.07, 6.45) is 1.48. The molecule has 5 nitrogen and oxygen atoms in total. The van der Waals surface area contributed by atoms with Gasteiger partial charge in [-0.15, -0.1) is 0 Å². The third-order valence-corrected chi connectivity index (χ3v) is 5.15. The number of nitrogens with one attached hydrogen (secondary N) is 1. The first-order chi connectivity index (χ1) is 14.2. The third-order valence-electron chi connectivity index (χ3n) is 5.15. The average molecular weight is 410 g/mol. The quantitative estimate of drug-likeness (QED) is 0.689. The van der Waals surface area contributed by atoms with Crippen LogP contribution in [0.15, 0.2) is 48.5 Å². The molecule has 0 saturated carbocycles. The van der Waals surface area contributed by atoms with Crippen LogP contribution >= 0.6 is 0 Å². The number of carbonyl (C=O) groups is 2. The van der Waals surface area contributed by atoms with Crippen LogP contribution in [0.2, 0.25) is 0 Å². The molecule has 1 fully saturated rings. The van der Waals surface area contributed by atoms with Gasteiger partial charge < -0.3 is 14.8 Å². The number of hydrogen-bond acceptors (Lipinski definition) is 4. The Morgan fingerprint density at radius 3 is 2.53 bits per heavy atom. The zero-order valence-electron chi connectivity index (χ0n) is 18.2. The molecular formula is C25H31NO4. The Balaban J connectivity index is 1.84.